The van der Waals surface area contributed by atoms with Crippen molar-refractivity contribution in [1.82, 2.24) is 0 Å². The molecule has 2 nitrogen and oxygen atoms in total. The number of anilines is 1. The van der Waals surface area contributed by atoms with Crippen molar-refractivity contribution in [2.75, 3.05) is 25.3 Å². The average Bonchev–Trinajstić information content (AvgIpc) is 2.29. The van der Waals surface area contributed by atoms with Crippen molar-refractivity contribution in [3.05, 3.63) is 29.8 Å². The predicted molar refractivity (Wildman–Crippen MR) is 73.2 cm³/mol. The van der Waals surface area contributed by atoms with Gasteiger partial charge in [-0.05, 0) is 30.4 Å². The summed E-state index contributed by atoms with van der Waals surface area (Å²) in [6.45, 7) is 2.92. The van der Waals surface area contributed by atoms with Gasteiger partial charge >= 0.3 is 0 Å². The summed E-state index contributed by atoms with van der Waals surface area (Å²) >= 11 is 1.85. The molecule has 1 N–H and O–H groups in total. The normalized spacial score (nSPS) is 12.4. The van der Waals surface area contributed by atoms with Crippen LogP contribution in [0.1, 0.15) is 18.9 Å². The molecule has 0 heterocycles. The van der Waals surface area contributed by atoms with E-state index >= 15 is 0 Å². The van der Waals surface area contributed by atoms with E-state index in [-0.39, 0.29) is 0 Å². The quantitative estimate of drug-likeness (QED) is 0.788. The molecule has 0 aromatic heterocycles. The largest absolute Gasteiger partial charge is 0.383 e. The minimum atomic E-state index is 0.398. The maximum atomic E-state index is 5.18. The number of hydrogen-bond donors (Lipinski definition) is 1. The van der Waals surface area contributed by atoms with Crippen LogP contribution >= 0.6 is 11.8 Å². The van der Waals surface area contributed by atoms with Crippen molar-refractivity contribution < 1.29 is 4.74 Å². The smallest absolute Gasteiger partial charge is 0.0663 e. The third kappa shape index (κ3) is 4.45. The SMILES string of the molecule is CCC(COC)Nc1cccc(CSC)c1. The molecular weight excluding hydrogens is 218 g/mol. The summed E-state index contributed by atoms with van der Waals surface area (Å²) in [5.41, 5.74) is 2.56. The van der Waals surface area contributed by atoms with Crippen LogP contribution in [0.25, 0.3) is 0 Å². The summed E-state index contributed by atoms with van der Waals surface area (Å²) in [4.78, 5) is 0. The van der Waals surface area contributed by atoms with Gasteiger partial charge in [0.2, 0.25) is 0 Å². The average molecular weight is 239 g/mol. The van der Waals surface area contributed by atoms with Crippen LogP contribution in [0.15, 0.2) is 24.3 Å². The first-order chi connectivity index (χ1) is 7.80. The fourth-order valence-corrected chi connectivity index (χ4v) is 2.13. The molecule has 0 bridgehead atoms. The van der Waals surface area contributed by atoms with E-state index in [1.807, 2.05) is 11.8 Å². The van der Waals surface area contributed by atoms with Crippen LogP contribution in [0.2, 0.25) is 0 Å². The lowest BCUT2D eigenvalue weighted by Gasteiger charge is -2.17. The van der Waals surface area contributed by atoms with Crippen LogP contribution in [-0.4, -0.2) is 26.0 Å². The highest BCUT2D eigenvalue weighted by molar-refractivity contribution is 7.97. The molecule has 0 saturated carbocycles. The van der Waals surface area contributed by atoms with Gasteiger partial charge < -0.3 is 10.1 Å². The van der Waals surface area contributed by atoms with Crippen LogP contribution in [0.3, 0.4) is 0 Å². The highest BCUT2D eigenvalue weighted by Crippen LogP contribution is 2.16. The standard InChI is InChI=1S/C13H21NOS/c1-4-12(9-15-2)14-13-7-5-6-11(8-13)10-16-3/h5-8,12,14H,4,9-10H2,1-3H3. The lowest BCUT2D eigenvalue weighted by molar-refractivity contribution is 0.184. The maximum Gasteiger partial charge on any atom is 0.0663 e. The lowest BCUT2D eigenvalue weighted by atomic mass is 10.2. The molecule has 0 radical (unpaired) electrons. The minimum Gasteiger partial charge on any atom is -0.383 e. The lowest BCUT2D eigenvalue weighted by Crippen LogP contribution is -2.23. The molecule has 1 rings (SSSR count). The Kier molecular flexibility index (Phi) is 6.34. The van der Waals surface area contributed by atoms with Crippen LogP contribution in [0.4, 0.5) is 5.69 Å². The highest BCUT2D eigenvalue weighted by atomic mass is 32.2. The zero-order valence-corrected chi connectivity index (χ0v) is 11.1. The number of thioether (sulfide) groups is 1. The van der Waals surface area contributed by atoms with E-state index in [9.17, 15) is 0 Å². The second-order valence-electron chi connectivity index (χ2n) is 3.84. The van der Waals surface area contributed by atoms with Gasteiger partial charge in [0, 0.05) is 24.6 Å². The van der Waals surface area contributed by atoms with Gasteiger partial charge in [0.05, 0.1) is 6.61 Å². The topological polar surface area (TPSA) is 21.3 Å². The summed E-state index contributed by atoms with van der Waals surface area (Å²) in [5, 5.41) is 3.49. The first kappa shape index (κ1) is 13.4. The fraction of sp³-hybridized carbons (Fsp3) is 0.538. The molecule has 1 atom stereocenters. The van der Waals surface area contributed by atoms with Crippen LogP contribution in [0, 0.1) is 0 Å². The van der Waals surface area contributed by atoms with Crippen LogP contribution in [-0.2, 0) is 10.5 Å². The first-order valence-corrected chi connectivity index (χ1v) is 7.02. The van der Waals surface area contributed by atoms with E-state index in [1.54, 1.807) is 7.11 Å². The van der Waals surface area contributed by atoms with Crippen LogP contribution < -0.4 is 5.32 Å². The second-order valence-corrected chi connectivity index (χ2v) is 4.70. The van der Waals surface area contributed by atoms with E-state index in [2.05, 4.69) is 42.8 Å². The van der Waals surface area contributed by atoms with E-state index in [0.29, 0.717) is 6.04 Å². The number of rotatable bonds is 7. The Labute approximate surface area is 103 Å². The van der Waals surface area contributed by atoms with Gasteiger partial charge in [-0.1, -0.05) is 19.1 Å². The molecule has 0 saturated heterocycles. The summed E-state index contributed by atoms with van der Waals surface area (Å²) in [5.74, 6) is 1.07. The zero-order valence-electron chi connectivity index (χ0n) is 10.3. The Balaban J connectivity index is 2.60. The Bertz CT molecular complexity index is 304. The molecule has 0 amide bonds. The Morgan fingerprint density at radius 2 is 2.25 bits per heavy atom. The third-order valence-electron chi connectivity index (χ3n) is 2.47. The highest BCUT2D eigenvalue weighted by Gasteiger charge is 2.05. The third-order valence-corrected chi connectivity index (χ3v) is 3.09. The molecule has 1 aromatic rings. The second kappa shape index (κ2) is 7.58. The van der Waals surface area contributed by atoms with E-state index in [4.69, 9.17) is 4.74 Å². The molecule has 0 aliphatic rings. The zero-order chi connectivity index (χ0) is 11.8. The fourth-order valence-electron chi connectivity index (χ4n) is 1.62. The van der Waals surface area contributed by atoms with Gasteiger partial charge in [0.25, 0.3) is 0 Å². The molecule has 0 aliphatic heterocycles. The summed E-state index contributed by atoms with van der Waals surface area (Å²) in [6, 6.07) is 9.00. The van der Waals surface area contributed by atoms with Gasteiger partial charge in [-0.25, -0.2) is 0 Å². The van der Waals surface area contributed by atoms with Gasteiger partial charge in [0.15, 0.2) is 0 Å². The Morgan fingerprint density at radius 1 is 1.44 bits per heavy atom. The number of ether oxygens (including phenoxy) is 1. The molecular formula is C13H21NOS. The van der Waals surface area contributed by atoms with Crippen molar-refractivity contribution in [2.45, 2.75) is 25.1 Å². The summed E-state index contributed by atoms with van der Waals surface area (Å²) in [6.07, 6.45) is 3.19. The molecule has 0 aliphatic carbocycles. The van der Waals surface area contributed by atoms with Crippen LogP contribution in [0.5, 0.6) is 0 Å². The number of methoxy groups -OCH3 is 1. The van der Waals surface area contributed by atoms with E-state index in [1.165, 1.54) is 11.3 Å². The molecule has 16 heavy (non-hydrogen) atoms. The predicted octanol–water partition coefficient (Wildman–Crippen LogP) is 3.39. The molecule has 0 spiro atoms. The Morgan fingerprint density at radius 3 is 2.88 bits per heavy atom. The number of nitrogens with one attached hydrogen (secondary N) is 1. The van der Waals surface area contributed by atoms with Gasteiger partial charge in [-0.3, -0.25) is 0 Å². The molecule has 90 valence electrons. The summed E-state index contributed by atoms with van der Waals surface area (Å²) in [7, 11) is 1.74. The van der Waals surface area contributed by atoms with Crippen molar-refractivity contribution in [2.24, 2.45) is 0 Å². The van der Waals surface area contributed by atoms with Crippen molar-refractivity contribution in [3.8, 4) is 0 Å². The molecule has 1 aromatic carbocycles. The summed E-state index contributed by atoms with van der Waals surface area (Å²) < 4.78 is 5.18. The van der Waals surface area contributed by atoms with Crippen molar-refractivity contribution in [3.63, 3.8) is 0 Å². The maximum absolute atomic E-state index is 5.18. The van der Waals surface area contributed by atoms with Gasteiger partial charge in [-0.15, -0.1) is 0 Å². The van der Waals surface area contributed by atoms with E-state index < -0.39 is 0 Å². The van der Waals surface area contributed by atoms with Gasteiger partial charge in [0.1, 0.15) is 0 Å². The van der Waals surface area contributed by atoms with Crippen molar-refractivity contribution >= 4 is 17.4 Å². The van der Waals surface area contributed by atoms with Gasteiger partial charge in [-0.2, -0.15) is 11.8 Å². The first-order valence-electron chi connectivity index (χ1n) is 5.63. The number of benzene rings is 1. The molecule has 0 fully saturated rings. The van der Waals surface area contributed by atoms with E-state index in [0.717, 1.165) is 18.8 Å². The minimum absolute atomic E-state index is 0.398. The number of hydrogen-bond acceptors (Lipinski definition) is 3. The molecule has 3 heteroatoms. The monoisotopic (exact) mass is 239 g/mol. The molecule has 1 unspecified atom stereocenters. The Hall–Kier alpha value is -0.670. The van der Waals surface area contributed by atoms with Crippen molar-refractivity contribution in [1.29, 1.82) is 0 Å².